The molecule has 0 aliphatic carbocycles. The quantitative estimate of drug-likeness (QED) is 0.466. The largest absolute Gasteiger partial charge is 0.349 e. The lowest BCUT2D eigenvalue weighted by atomic mass is 9.95. The van der Waals surface area contributed by atoms with Gasteiger partial charge in [-0.3, -0.25) is 14.5 Å². The van der Waals surface area contributed by atoms with Crippen LogP contribution >= 0.6 is 0 Å². The Hall–Kier alpha value is -3.26. The summed E-state index contributed by atoms with van der Waals surface area (Å²) < 4.78 is 16.4. The van der Waals surface area contributed by atoms with Crippen LogP contribution in [0.5, 0.6) is 0 Å². The van der Waals surface area contributed by atoms with E-state index in [9.17, 15) is 14.0 Å². The number of carbonyl (C=O) groups excluding carboxylic acids is 2. The Kier molecular flexibility index (Phi) is 7.55. The molecule has 196 valence electrons. The van der Waals surface area contributed by atoms with Crippen LogP contribution in [-0.4, -0.2) is 63.4 Å². The van der Waals surface area contributed by atoms with E-state index in [1.165, 1.54) is 25.8 Å². The summed E-state index contributed by atoms with van der Waals surface area (Å²) in [5.41, 5.74) is 2.43. The van der Waals surface area contributed by atoms with Crippen molar-refractivity contribution >= 4 is 22.8 Å². The Balaban J connectivity index is 1.23. The van der Waals surface area contributed by atoms with E-state index in [2.05, 4.69) is 31.9 Å². The van der Waals surface area contributed by atoms with Crippen molar-refractivity contribution in [3.63, 3.8) is 0 Å². The SMILES string of the molecule is CC(=O)N(C)CCC(=O)N[C@@H](CCN1[C@@H]2CC[C@H]1CC(n1cnc3c(F)cccc31)C2)c1ccccc1. The number of fused-ring (bicyclic) bond motifs is 3. The van der Waals surface area contributed by atoms with Crippen molar-refractivity contribution in [2.75, 3.05) is 20.1 Å². The van der Waals surface area contributed by atoms with Crippen molar-refractivity contribution < 1.29 is 14.0 Å². The number of hydrogen-bond acceptors (Lipinski definition) is 4. The molecule has 0 radical (unpaired) electrons. The molecule has 3 aromatic rings. The minimum atomic E-state index is -0.265. The molecule has 2 bridgehead atoms. The van der Waals surface area contributed by atoms with Crippen LogP contribution in [0.3, 0.4) is 0 Å². The molecule has 8 heteroatoms. The van der Waals surface area contributed by atoms with Gasteiger partial charge in [0.1, 0.15) is 5.52 Å². The number of nitrogens with zero attached hydrogens (tertiary/aromatic N) is 4. The molecule has 1 N–H and O–H groups in total. The molecule has 0 spiro atoms. The van der Waals surface area contributed by atoms with Crippen LogP contribution in [0.15, 0.2) is 54.9 Å². The maximum atomic E-state index is 14.2. The van der Waals surface area contributed by atoms with Crippen LogP contribution in [0.1, 0.15) is 63.1 Å². The molecule has 37 heavy (non-hydrogen) atoms. The molecule has 5 rings (SSSR count). The fraction of sp³-hybridized carbons (Fsp3) is 0.483. The number of benzene rings is 2. The van der Waals surface area contributed by atoms with E-state index in [0.29, 0.717) is 30.2 Å². The number of amides is 2. The summed E-state index contributed by atoms with van der Waals surface area (Å²) in [6.45, 7) is 2.83. The van der Waals surface area contributed by atoms with Crippen LogP contribution in [0.2, 0.25) is 0 Å². The molecule has 4 atom stereocenters. The molecule has 3 heterocycles. The average molecular weight is 506 g/mol. The molecule has 2 amide bonds. The number of hydrogen-bond donors (Lipinski definition) is 1. The Morgan fingerprint density at radius 3 is 2.51 bits per heavy atom. The summed E-state index contributed by atoms with van der Waals surface area (Å²) >= 11 is 0. The lowest BCUT2D eigenvalue weighted by Gasteiger charge is -2.40. The van der Waals surface area contributed by atoms with Crippen molar-refractivity contribution in [2.24, 2.45) is 0 Å². The molecule has 2 saturated heterocycles. The molecule has 2 aliphatic heterocycles. The van der Waals surface area contributed by atoms with E-state index < -0.39 is 0 Å². The van der Waals surface area contributed by atoms with Gasteiger partial charge < -0.3 is 14.8 Å². The van der Waals surface area contributed by atoms with Crippen LogP contribution in [-0.2, 0) is 9.59 Å². The normalized spacial score (nSPS) is 22.2. The highest BCUT2D eigenvalue weighted by Gasteiger charge is 2.41. The highest BCUT2D eigenvalue weighted by atomic mass is 19.1. The fourth-order valence-corrected chi connectivity index (χ4v) is 6.13. The van der Waals surface area contributed by atoms with E-state index in [0.717, 1.165) is 36.9 Å². The molecule has 2 fully saturated rings. The number of halogens is 1. The fourth-order valence-electron chi connectivity index (χ4n) is 6.13. The predicted molar refractivity (Wildman–Crippen MR) is 141 cm³/mol. The summed E-state index contributed by atoms with van der Waals surface area (Å²) in [4.78, 5) is 32.8. The number of aromatic nitrogens is 2. The van der Waals surface area contributed by atoms with E-state index in [1.54, 1.807) is 24.3 Å². The average Bonchev–Trinajstić information content (AvgIpc) is 3.43. The van der Waals surface area contributed by atoms with Crippen molar-refractivity contribution in [1.82, 2.24) is 24.7 Å². The third-order valence-electron chi connectivity index (χ3n) is 8.23. The van der Waals surface area contributed by atoms with Gasteiger partial charge in [-0.2, -0.15) is 0 Å². The zero-order valence-electron chi connectivity index (χ0n) is 21.6. The topological polar surface area (TPSA) is 70.5 Å². The van der Waals surface area contributed by atoms with Gasteiger partial charge in [-0.25, -0.2) is 9.37 Å². The lowest BCUT2D eigenvalue weighted by molar-refractivity contribution is -0.128. The van der Waals surface area contributed by atoms with E-state index >= 15 is 0 Å². The zero-order valence-corrected chi connectivity index (χ0v) is 21.6. The smallest absolute Gasteiger partial charge is 0.222 e. The number of imidazole rings is 1. The summed E-state index contributed by atoms with van der Waals surface area (Å²) in [5.74, 6) is -0.346. The predicted octanol–water partition coefficient (Wildman–Crippen LogP) is 4.46. The molecule has 7 nitrogen and oxygen atoms in total. The van der Waals surface area contributed by atoms with Crippen LogP contribution in [0.4, 0.5) is 4.39 Å². The lowest BCUT2D eigenvalue weighted by Crippen LogP contribution is -2.44. The Morgan fingerprint density at radius 1 is 1.08 bits per heavy atom. The number of para-hydroxylation sites is 1. The first-order chi connectivity index (χ1) is 17.9. The minimum absolute atomic E-state index is 0.0390. The second kappa shape index (κ2) is 11.0. The second-order valence-electron chi connectivity index (χ2n) is 10.5. The third kappa shape index (κ3) is 5.54. The molecular weight excluding hydrogens is 469 g/mol. The van der Waals surface area contributed by atoms with Crippen molar-refractivity contribution in [2.45, 2.75) is 69.6 Å². The number of piperidine rings is 1. The minimum Gasteiger partial charge on any atom is -0.349 e. The van der Waals surface area contributed by atoms with E-state index in [1.807, 2.05) is 24.3 Å². The van der Waals surface area contributed by atoms with Crippen LogP contribution < -0.4 is 5.32 Å². The van der Waals surface area contributed by atoms with Crippen molar-refractivity contribution in [3.05, 3.63) is 66.2 Å². The summed E-state index contributed by atoms with van der Waals surface area (Å²) in [6, 6.07) is 16.5. The molecule has 1 unspecified atom stereocenters. The van der Waals surface area contributed by atoms with Gasteiger partial charge in [0.25, 0.3) is 0 Å². The maximum absolute atomic E-state index is 14.2. The number of nitrogens with one attached hydrogen (secondary N) is 1. The number of rotatable bonds is 9. The van der Waals surface area contributed by atoms with E-state index in [4.69, 9.17) is 0 Å². The van der Waals surface area contributed by atoms with Gasteiger partial charge in [0, 0.05) is 51.6 Å². The van der Waals surface area contributed by atoms with Gasteiger partial charge in [0.2, 0.25) is 11.8 Å². The van der Waals surface area contributed by atoms with Gasteiger partial charge in [0.15, 0.2) is 5.82 Å². The molecule has 2 aliphatic rings. The Bertz CT molecular complexity index is 1230. The van der Waals surface area contributed by atoms with E-state index in [-0.39, 0.29) is 30.1 Å². The monoisotopic (exact) mass is 505 g/mol. The van der Waals surface area contributed by atoms with Crippen molar-refractivity contribution in [3.8, 4) is 0 Å². The summed E-state index contributed by atoms with van der Waals surface area (Å²) in [6.07, 6.45) is 7.31. The third-order valence-corrected chi connectivity index (χ3v) is 8.23. The van der Waals surface area contributed by atoms with Gasteiger partial charge in [-0.05, 0) is 49.8 Å². The molecular formula is C29H36FN5O2. The maximum Gasteiger partial charge on any atom is 0.222 e. The first-order valence-corrected chi connectivity index (χ1v) is 13.3. The Labute approximate surface area is 217 Å². The highest BCUT2D eigenvalue weighted by molar-refractivity contribution is 5.78. The number of carbonyl (C=O) groups is 2. The second-order valence-corrected chi connectivity index (χ2v) is 10.5. The first kappa shape index (κ1) is 25.4. The van der Waals surface area contributed by atoms with Gasteiger partial charge in [0.05, 0.1) is 17.9 Å². The van der Waals surface area contributed by atoms with Gasteiger partial charge >= 0.3 is 0 Å². The van der Waals surface area contributed by atoms with Gasteiger partial charge in [-0.1, -0.05) is 36.4 Å². The molecule has 2 aromatic carbocycles. The van der Waals surface area contributed by atoms with Crippen molar-refractivity contribution in [1.29, 1.82) is 0 Å². The van der Waals surface area contributed by atoms with Crippen LogP contribution in [0, 0.1) is 5.82 Å². The van der Waals surface area contributed by atoms with Gasteiger partial charge in [-0.15, -0.1) is 0 Å². The molecule has 0 saturated carbocycles. The highest BCUT2D eigenvalue weighted by Crippen LogP contribution is 2.42. The molecule has 1 aromatic heterocycles. The first-order valence-electron chi connectivity index (χ1n) is 13.3. The standard InChI is InChI=1S/C29H36FN5O2/c1-20(36)33(2)15-14-28(37)32-26(21-7-4-3-5-8-21)13-16-34-22-11-12-23(34)18-24(17-22)35-19-31-29-25(30)9-6-10-27(29)35/h3-10,19,22-24,26H,11-18H2,1-2H3,(H,32,37)/t22-,23+,24?,26-/m0/s1. The zero-order chi connectivity index (χ0) is 25.9. The summed E-state index contributed by atoms with van der Waals surface area (Å²) in [5, 5.41) is 3.22. The van der Waals surface area contributed by atoms with Crippen LogP contribution in [0.25, 0.3) is 11.0 Å². The summed E-state index contributed by atoms with van der Waals surface area (Å²) in [7, 11) is 1.72. The Morgan fingerprint density at radius 2 is 1.81 bits per heavy atom.